The molecule has 2 aromatic carbocycles. The number of benzene rings is 2. The fraction of sp³-hybridized carbons (Fsp3) is 0.318. The Labute approximate surface area is 164 Å². The van der Waals surface area contributed by atoms with Crippen molar-refractivity contribution in [3.05, 3.63) is 59.7 Å². The van der Waals surface area contributed by atoms with E-state index in [-0.39, 0.29) is 29.7 Å². The third-order valence-corrected chi connectivity index (χ3v) is 4.99. The molecule has 0 radical (unpaired) electrons. The van der Waals surface area contributed by atoms with Gasteiger partial charge in [-0.1, -0.05) is 43.5 Å². The summed E-state index contributed by atoms with van der Waals surface area (Å²) in [5.41, 5.74) is 1.76. The van der Waals surface area contributed by atoms with E-state index in [1.165, 1.54) is 12.5 Å². The molecule has 1 fully saturated rings. The number of carbonyl (C=O) groups is 3. The first kappa shape index (κ1) is 19.6. The molecular formula is C22H24N2O4. The second-order valence-electron chi connectivity index (χ2n) is 7.09. The lowest BCUT2D eigenvalue weighted by molar-refractivity contribution is -0.120. The van der Waals surface area contributed by atoms with Crippen molar-refractivity contribution in [1.82, 2.24) is 0 Å². The molecule has 2 amide bonds. The van der Waals surface area contributed by atoms with E-state index in [0.717, 1.165) is 25.7 Å². The SMILES string of the molecule is O=C(Cc1ccccc1C(=O)O)Nc1cccc(NC(=O)C2CCCCC2)c1. The number of amides is 2. The van der Waals surface area contributed by atoms with E-state index in [2.05, 4.69) is 10.6 Å². The van der Waals surface area contributed by atoms with Crippen LogP contribution >= 0.6 is 0 Å². The standard InChI is InChI=1S/C22H24N2O4/c25-20(13-16-9-4-5-12-19(16)22(27)28)23-17-10-6-11-18(14-17)24-21(26)15-7-2-1-3-8-15/h4-6,9-12,14-15H,1-3,7-8,13H2,(H,23,25)(H,24,26)(H,27,28). The second-order valence-corrected chi connectivity index (χ2v) is 7.09. The van der Waals surface area contributed by atoms with Crippen LogP contribution < -0.4 is 10.6 Å². The lowest BCUT2D eigenvalue weighted by Crippen LogP contribution is -2.24. The molecule has 0 aromatic heterocycles. The highest BCUT2D eigenvalue weighted by atomic mass is 16.4. The summed E-state index contributed by atoms with van der Waals surface area (Å²) >= 11 is 0. The smallest absolute Gasteiger partial charge is 0.335 e. The number of nitrogens with one attached hydrogen (secondary N) is 2. The minimum atomic E-state index is -1.06. The molecule has 0 spiro atoms. The van der Waals surface area contributed by atoms with Gasteiger partial charge in [-0.3, -0.25) is 9.59 Å². The molecule has 0 bridgehead atoms. The van der Waals surface area contributed by atoms with Gasteiger partial charge < -0.3 is 15.7 Å². The molecule has 1 aliphatic carbocycles. The zero-order valence-electron chi connectivity index (χ0n) is 15.6. The van der Waals surface area contributed by atoms with Crippen molar-refractivity contribution < 1.29 is 19.5 Å². The van der Waals surface area contributed by atoms with Crippen LogP contribution in [0.5, 0.6) is 0 Å². The fourth-order valence-electron chi connectivity index (χ4n) is 3.55. The normalized spacial score (nSPS) is 14.3. The lowest BCUT2D eigenvalue weighted by atomic mass is 9.88. The molecule has 0 aliphatic heterocycles. The maximum absolute atomic E-state index is 12.4. The summed E-state index contributed by atoms with van der Waals surface area (Å²) in [6, 6.07) is 13.4. The van der Waals surface area contributed by atoms with Crippen LogP contribution in [-0.2, 0) is 16.0 Å². The summed E-state index contributed by atoms with van der Waals surface area (Å²) in [4.78, 5) is 36.0. The van der Waals surface area contributed by atoms with Crippen LogP contribution in [-0.4, -0.2) is 22.9 Å². The van der Waals surface area contributed by atoms with Crippen molar-refractivity contribution in [3.63, 3.8) is 0 Å². The van der Waals surface area contributed by atoms with Crippen LogP contribution in [0.1, 0.15) is 48.0 Å². The first-order chi connectivity index (χ1) is 13.5. The van der Waals surface area contributed by atoms with E-state index in [9.17, 15) is 19.5 Å². The van der Waals surface area contributed by atoms with Crippen molar-refractivity contribution in [3.8, 4) is 0 Å². The predicted octanol–water partition coefficient (Wildman–Crippen LogP) is 4.08. The molecule has 0 atom stereocenters. The Bertz CT molecular complexity index is 872. The summed E-state index contributed by atoms with van der Waals surface area (Å²) in [6.07, 6.45) is 5.17. The summed E-state index contributed by atoms with van der Waals surface area (Å²) in [6.45, 7) is 0. The van der Waals surface area contributed by atoms with E-state index in [1.54, 1.807) is 42.5 Å². The zero-order valence-corrected chi connectivity index (χ0v) is 15.6. The number of rotatable bonds is 6. The molecule has 2 aromatic rings. The number of carbonyl (C=O) groups excluding carboxylic acids is 2. The van der Waals surface area contributed by atoms with Crippen LogP contribution in [0.2, 0.25) is 0 Å². The Morgan fingerprint density at radius 1 is 0.893 bits per heavy atom. The highest BCUT2D eigenvalue weighted by Gasteiger charge is 2.21. The predicted molar refractivity (Wildman–Crippen MR) is 107 cm³/mol. The monoisotopic (exact) mass is 380 g/mol. The van der Waals surface area contributed by atoms with Crippen molar-refractivity contribution >= 4 is 29.2 Å². The summed E-state index contributed by atoms with van der Waals surface area (Å²) in [5, 5.41) is 14.9. The summed E-state index contributed by atoms with van der Waals surface area (Å²) in [5.74, 6) is -1.29. The second kappa shape index (κ2) is 9.17. The van der Waals surface area contributed by atoms with Crippen molar-refractivity contribution in [2.24, 2.45) is 5.92 Å². The molecule has 0 heterocycles. The van der Waals surface area contributed by atoms with E-state index < -0.39 is 5.97 Å². The van der Waals surface area contributed by atoms with Gasteiger partial charge in [-0.05, 0) is 42.7 Å². The van der Waals surface area contributed by atoms with Gasteiger partial charge in [-0.2, -0.15) is 0 Å². The van der Waals surface area contributed by atoms with Crippen LogP contribution in [0.25, 0.3) is 0 Å². The summed E-state index contributed by atoms with van der Waals surface area (Å²) in [7, 11) is 0. The van der Waals surface area contributed by atoms with E-state index in [4.69, 9.17) is 0 Å². The van der Waals surface area contributed by atoms with Gasteiger partial charge in [0.1, 0.15) is 0 Å². The number of hydrogen-bond donors (Lipinski definition) is 3. The number of hydrogen-bond acceptors (Lipinski definition) is 3. The average Bonchev–Trinajstić information content (AvgIpc) is 2.69. The average molecular weight is 380 g/mol. The van der Waals surface area contributed by atoms with Gasteiger partial charge in [0.05, 0.1) is 12.0 Å². The van der Waals surface area contributed by atoms with Gasteiger partial charge in [0.15, 0.2) is 0 Å². The van der Waals surface area contributed by atoms with E-state index in [0.29, 0.717) is 16.9 Å². The minimum Gasteiger partial charge on any atom is -0.478 e. The third kappa shape index (κ3) is 5.19. The molecule has 6 heteroatoms. The number of aromatic carboxylic acids is 1. The molecule has 0 unspecified atom stereocenters. The molecule has 3 rings (SSSR count). The molecule has 1 saturated carbocycles. The van der Waals surface area contributed by atoms with Crippen LogP contribution in [0, 0.1) is 5.92 Å². The van der Waals surface area contributed by atoms with E-state index in [1.807, 2.05) is 0 Å². The Morgan fingerprint density at radius 2 is 1.57 bits per heavy atom. The third-order valence-electron chi connectivity index (χ3n) is 4.99. The van der Waals surface area contributed by atoms with Crippen molar-refractivity contribution in [1.29, 1.82) is 0 Å². The first-order valence-corrected chi connectivity index (χ1v) is 9.55. The van der Waals surface area contributed by atoms with Crippen LogP contribution in [0.4, 0.5) is 11.4 Å². The van der Waals surface area contributed by atoms with Crippen molar-refractivity contribution in [2.75, 3.05) is 10.6 Å². The largest absolute Gasteiger partial charge is 0.478 e. The van der Waals surface area contributed by atoms with Crippen LogP contribution in [0.15, 0.2) is 48.5 Å². The van der Waals surface area contributed by atoms with Crippen molar-refractivity contribution in [2.45, 2.75) is 38.5 Å². The molecular weight excluding hydrogens is 356 g/mol. The Balaban J connectivity index is 1.62. The Hall–Kier alpha value is -3.15. The minimum absolute atomic E-state index is 0.0264. The van der Waals surface area contributed by atoms with Gasteiger partial charge in [0.2, 0.25) is 11.8 Å². The number of carboxylic acid groups (broad SMARTS) is 1. The topological polar surface area (TPSA) is 95.5 Å². The highest BCUT2D eigenvalue weighted by Crippen LogP contribution is 2.25. The number of carboxylic acids is 1. The molecule has 6 nitrogen and oxygen atoms in total. The van der Waals surface area contributed by atoms with Gasteiger partial charge >= 0.3 is 5.97 Å². The molecule has 28 heavy (non-hydrogen) atoms. The molecule has 1 aliphatic rings. The Kier molecular flexibility index (Phi) is 6.42. The number of anilines is 2. The fourth-order valence-corrected chi connectivity index (χ4v) is 3.55. The Morgan fingerprint density at radius 3 is 2.29 bits per heavy atom. The van der Waals surface area contributed by atoms with Gasteiger partial charge in [-0.25, -0.2) is 4.79 Å². The molecule has 0 saturated heterocycles. The first-order valence-electron chi connectivity index (χ1n) is 9.55. The lowest BCUT2D eigenvalue weighted by Gasteiger charge is -2.20. The van der Waals surface area contributed by atoms with E-state index >= 15 is 0 Å². The zero-order chi connectivity index (χ0) is 19.9. The van der Waals surface area contributed by atoms with Gasteiger partial charge in [0.25, 0.3) is 0 Å². The maximum Gasteiger partial charge on any atom is 0.335 e. The summed E-state index contributed by atoms with van der Waals surface area (Å²) < 4.78 is 0. The highest BCUT2D eigenvalue weighted by molar-refractivity contribution is 5.97. The van der Waals surface area contributed by atoms with Gasteiger partial charge in [-0.15, -0.1) is 0 Å². The van der Waals surface area contributed by atoms with Crippen LogP contribution in [0.3, 0.4) is 0 Å². The molecule has 146 valence electrons. The maximum atomic E-state index is 12.4. The molecule has 3 N–H and O–H groups in total. The van der Waals surface area contributed by atoms with Gasteiger partial charge in [0, 0.05) is 17.3 Å². The quantitative estimate of drug-likeness (QED) is 0.703.